The number of hydrogen-bond acceptors (Lipinski definition) is 2. The van der Waals surface area contributed by atoms with Gasteiger partial charge in [-0.3, -0.25) is 9.59 Å². The van der Waals surface area contributed by atoms with Crippen LogP contribution in [0.3, 0.4) is 0 Å². The van der Waals surface area contributed by atoms with Gasteiger partial charge in [0.25, 0.3) is 0 Å². The molecule has 2 N–H and O–H groups in total. The summed E-state index contributed by atoms with van der Waals surface area (Å²) in [6, 6.07) is 13.6. The number of carbonyl (C=O) groups is 2. The molecule has 5 heteroatoms. The molecule has 2 aromatic carbocycles. The molecule has 0 unspecified atom stereocenters. The van der Waals surface area contributed by atoms with E-state index in [-0.39, 0.29) is 36.0 Å². The van der Waals surface area contributed by atoms with Crippen LogP contribution in [-0.4, -0.2) is 11.8 Å². The number of carbonyl (C=O) groups excluding carboxylic acids is 2. The Balaban J connectivity index is 1.52. The molecule has 0 saturated heterocycles. The first-order valence-corrected chi connectivity index (χ1v) is 8.46. The minimum atomic E-state index is -0.300. The Morgan fingerprint density at radius 1 is 1.24 bits per heavy atom. The third-order valence-corrected chi connectivity index (χ3v) is 4.58. The molecule has 0 bridgehead atoms. The van der Waals surface area contributed by atoms with E-state index in [1.165, 1.54) is 12.1 Å². The van der Waals surface area contributed by atoms with E-state index in [0.717, 1.165) is 16.8 Å². The van der Waals surface area contributed by atoms with E-state index in [2.05, 4.69) is 10.6 Å². The van der Waals surface area contributed by atoms with Crippen molar-refractivity contribution in [1.82, 2.24) is 5.32 Å². The maximum absolute atomic E-state index is 13.0. The first-order valence-electron chi connectivity index (χ1n) is 8.46. The Morgan fingerprint density at radius 2 is 1.96 bits per heavy atom. The van der Waals surface area contributed by atoms with Crippen molar-refractivity contribution in [3.05, 3.63) is 65.5 Å². The predicted octanol–water partition coefficient (Wildman–Crippen LogP) is 3.59. The van der Waals surface area contributed by atoms with Gasteiger partial charge in [0.05, 0.1) is 6.04 Å². The van der Waals surface area contributed by atoms with Crippen LogP contribution in [0, 0.1) is 11.7 Å². The molecule has 2 amide bonds. The van der Waals surface area contributed by atoms with Crippen LogP contribution < -0.4 is 10.6 Å². The Labute approximate surface area is 146 Å². The number of hydrogen-bond donors (Lipinski definition) is 2. The van der Waals surface area contributed by atoms with Gasteiger partial charge in [-0.2, -0.15) is 0 Å². The van der Waals surface area contributed by atoms with Gasteiger partial charge in [0.15, 0.2) is 0 Å². The third-order valence-electron chi connectivity index (χ3n) is 4.58. The average molecular weight is 340 g/mol. The highest BCUT2D eigenvalue weighted by Gasteiger charge is 2.26. The highest BCUT2D eigenvalue weighted by Crippen LogP contribution is 2.27. The van der Waals surface area contributed by atoms with Crippen molar-refractivity contribution in [3.63, 3.8) is 0 Å². The van der Waals surface area contributed by atoms with Gasteiger partial charge in [-0.15, -0.1) is 0 Å². The fourth-order valence-electron chi connectivity index (χ4n) is 3.10. The summed E-state index contributed by atoms with van der Waals surface area (Å²) < 4.78 is 13.0. The molecule has 1 aliphatic rings. The number of benzene rings is 2. The van der Waals surface area contributed by atoms with E-state index in [0.29, 0.717) is 12.8 Å². The van der Waals surface area contributed by atoms with E-state index in [1.807, 2.05) is 31.2 Å². The Hall–Kier alpha value is -2.69. The molecule has 0 saturated carbocycles. The van der Waals surface area contributed by atoms with E-state index >= 15 is 0 Å². The van der Waals surface area contributed by atoms with Crippen LogP contribution in [0.15, 0.2) is 48.5 Å². The van der Waals surface area contributed by atoms with Gasteiger partial charge in [0.2, 0.25) is 11.8 Å². The van der Waals surface area contributed by atoms with Crippen LogP contribution in [-0.2, 0) is 16.0 Å². The topological polar surface area (TPSA) is 58.2 Å². The summed E-state index contributed by atoms with van der Waals surface area (Å²) >= 11 is 0. The minimum Gasteiger partial charge on any atom is -0.350 e. The summed E-state index contributed by atoms with van der Waals surface area (Å²) in [6.07, 6.45) is 1.44. The van der Waals surface area contributed by atoms with Crippen LogP contribution in [0.2, 0.25) is 0 Å². The van der Waals surface area contributed by atoms with Crippen molar-refractivity contribution in [1.29, 1.82) is 0 Å². The molecule has 0 aromatic heterocycles. The normalized spacial score (nSPS) is 17.4. The van der Waals surface area contributed by atoms with Gasteiger partial charge in [-0.1, -0.05) is 30.3 Å². The summed E-state index contributed by atoms with van der Waals surface area (Å²) in [5, 5.41) is 5.80. The molecule has 4 nitrogen and oxygen atoms in total. The number of halogens is 1. The van der Waals surface area contributed by atoms with Crippen LogP contribution in [0.1, 0.15) is 36.9 Å². The number of para-hydroxylation sites is 1. The zero-order valence-corrected chi connectivity index (χ0v) is 14.1. The highest BCUT2D eigenvalue weighted by atomic mass is 19.1. The molecule has 2 atom stereocenters. The summed E-state index contributed by atoms with van der Waals surface area (Å²) in [5.74, 6) is -0.630. The molecule has 2 aromatic rings. The van der Waals surface area contributed by atoms with Gasteiger partial charge >= 0.3 is 0 Å². The third kappa shape index (κ3) is 4.24. The van der Waals surface area contributed by atoms with Crippen LogP contribution in [0.5, 0.6) is 0 Å². The quantitative estimate of drug-likeness (QED) is 0.874. The van der Waals surface area contributed by atoms with Gasteiger partial charge in [0.1, 0.15) is 5.82 Å². The molecule has 0 fully saturated rings. The van der Waals surface area contributed by atoms with Gasteiger partial charge in [-0.25, -0.2) is 4.39 Å². The van der Waals surface area contributed by atoms with Crippen LogP contribution >= 0.6 is 0 Å². The molecular formula is C20H21FN2O2. The van der Waals surface area contributed by atoms with Crippen molar-refractivity contribution in [2.24, 2.45) is 5.92 Å². The van der Waals surface area contributed by atoms with Crippen LogP contribution in [0.25, 0.3) is 0 Å². The Kier molecular flexibility index (Phi) is 5.12. The number of nitrogens with one attached hydrogen (secondary N) is 2. The minimum absolute atomic E-state index is 0.0296. The van der Waals surface area contributed by atoms with E-state index < -0.39 is 0 Å². The Morgan fingerprint density at radius 3 is 2.72 bits per heavy atom. The van der Waals surface area contributed by atoms with Crippen molar-refractivity contribution < 1.29 is 14.0 Å². The zero-order valence-electron chi connectivity index (χ0n) is 14.1. The van der Waals surface area contributed by atoms with Crippen molar-refractivity contribution in [2.45, 2.75) is 32.2 Å². The maximum atomic E-state index is 13.0. The summed E-state index contributed by atoms with van der Waals surface area (Å²) in [4.78, 5) is 24.3. The second-order valence-corrected chi connectivity index (χ2v) is 6.43. The smallest absolute Gasteiger partial charge is 0.227 e. The SMILES string of the molecule is C[C@H](NC(=O)CC[C@H]1Cc2ccccc2NC1=O)c1ccc(F)cc1. The number of fused-ring (bicyclic) bond motifs is 1. The lowest BCUT2D eigenvalue weighted by atomic mass is 9.89. The van der Waals surface area contributed by atoms with Crippen molar-refractivity contribution in [2.75, 3.05) is 5.32 Å². The number of amides is 2. The first-order chi connectivity index (χ1) is 12.0. The molecule has 0 spiro atoms. The highest BCUT2D eigenvalue weighted by molar-refractivity contribution is 5.96. The molecule has 3 rings (SSSR count). The first kappa shape index (κ1) is 17.1. The lowest BCUT2D eigenvalue weighted by Crippen LogP contribution is -2.32. The van der Waals surface area contributed by atoms with E-state index in [9.17, 15) is 14.0 Å². The van der Waals surface area contributed by atoms with Gasteiger partial charge in [-0.05, 0) is 49.1 Å². The summed E-state index contributed by atoms with van der Waals surface area (Å²) in [5.41, 5.74) is 2.81. The lowest BCUT2D eigenvalue weighted by molar-refractivity contribution is -0.123. The molecule has 130 valence electrons. The number of anilines is 1. The summed E-state index contributed by atoms with van der Waals surface area (Å²) in [7, 11) is 0. The second-order valence-electron chi connectivity index (χ2n) is 6.43. The average Bonchev–Trinajstić information content (AvgIpc) is 2.60. The molecule has 0 radical (unpaired) electrons. The molecule has 0 aliphatic carbocycles. The zero-order chi connectivity index (χ0) is 17.8. The fourth-order valence-corrected chi connectivity index (χ4v) is 3.10. The second kappa shape index (κ2) is 7.47. The Bertz CT molecular complexity index is 774. The standard InChI is InChI=1S/C20H21FN2O2/c1-13(14-6-9-17(21)10-7-14)22-19(24)11-8-16-12-15-4-2-3-5-18(15)23-20(16)25/h2-7,9-10,13,16H,8,11-12H2,1H3,(H,22,24)(H,23,25)/t13-,16-/m0/s1. The van der Waals surface area contributed by atoms with Crippen LogP contribution in [0.4, 0.5) is 10.1 Å². The monoisotopic (exact) mass is 340 g/mol. The predicted molar refractivity (Wildman–Crippen MR) is 94.5 cm³/mol. The fraction of sp³-hybridized carbons (Fsp3) is 0.300. The lowest BCUT2D eigenvalue weighted by Gasteiger charge is -2.24. The maximum Gasteiger partial charge on any atom is 0.227 e. The molecular weight excluding hydrogens is 319 g/mol. The molecule has 25 heavy (non-hydrogen) atoms. The molecule has 1 heterocycles. The van der Waals surface area contributed by atoms with E-state index in [1.54, 1.807) is 12.1 Å². The van der Waals surface area contributed by atoms with Gasteiger partial charge in [0, 0.05) is 18.0 Å². The van der Waals surface area contributed by atoms with Crippen molar-refractivity contribution in [3.8, 4) is 0 Å². The number of rotatable bonds is 5. The largest absolute Gasteiger partial charge is 0.350 e. The molecule has 1 aliphatic heterocycles. The summed E-state index contributed by atoms with van der Waals surface area (Å²) in [6.45, 7) is 1.86. The van der Waals surface area contributed by atoms with Crippen molar-refractivity contribution >= 4 is 17.5 Å². The van der Waals surface area contributed by atoms with E-state index in [4.69, 9.17) is 0 Å². The van der Waals surface area contributed by atoms with Gasteiger partial charge < -0.3 is 10.6 Å².